The first-order chi connectivity index (χ1) is 13.9. The Kier molecular flexibility index (Phi) is 4.97. The number of carbonyl (C=O) groups excluding carboxylic acids is 2. The van der Waals surface area contributed by atoms with Crippen molar-refractivity contribution in [3.05, 3.63) is 68.8 Å². The number of alkyl halides is 1. The van der Waals surface area contributed by atoms with Crippen LogP contribution in [0.1, 0.15) is 11.6 Å². The number of benzene rings is 2. The molecule has 0 radical (unpaired) electrons. The molecular formula is C18H13BrClN5O4. The van der Waals surface area contributed by atoms with E-state index in [-0.39, 0.29) is 12.2 Å². The van der Waals surface area contributed by atoms with Gasteiger partial charge in [0.05, 0.1) is 16.6 Å². The third-order valence-electron chi connectivity index (χ3n) is 4.63. The number of rotatable bonds is 5. The lowest BCUT2D eigenvalue weighted by Crippen LogP contribution is -2.63. The molecule has 0 spiro atoms. The van der Waals surface area contributed by atoms with Crippen LogP contribution in [0.15, 0.2) is 53.1 Å². The van der Waals surface area contributed by atoms with Gasteiger partial charge in [-0.05, 0) is 17.7 Å². The number of hydrogen-bond donors (Lipinski definition) is 1. The van der Waals surface area contributed by atoms with Gasteiger partial charge in [-0.25, -0.2) is 5.01 Å². The van der Waals surface area contributed by atoms with Crippen LogP contribution in [0.4, 0.5) is 5.69 Å². The number of aromatic nitrogens is 2. The fourth-order valence-electron chi connectivity index (χ4n) is 3.21. The maximum Gasteiger partial charge on any atom is 0.270 e. The number of amides is 2. The molecule has 2 unspecified atom stereocenters. The number of nitro groups is 1. The Hall–Kier alpha value is -2.98. The van der Waals surface area contributed by atoms with Gasteiger partial charge in [0.1, 0.15) is 18.0 Å². The molecule has 148 valence electrons. The normalized spacial score (nSPS) is 18.6. The minimum atomic E-state index is -0.778. The summed E-state index contributed by atoms with van der Waals surface area (Å²) < 4.78 is 2.19. The van der Waals surface area contributed by atoms with Crippen molar-refractivity contribution >= 4 is 55.9 Å². The summed E-state index contributed by atoms with van der Waals surface area (Å²) in [5.41, 5.74) is 3.87. The van der Waals surface area contributed by atoms with Crippen LogP contribution in [0.3, 0.4) is 0 Å². The number of hydrazine groups is 1. The quantitative estimate of drug-likeness (QED) is 0.262. The second-order valence-electron chi connectivity index (χ2n) is 6.41. The smallest absolute Gasteiger partial charge is 0.270 e. The lowest BCUT2D eigenvalue weighted by Gasteiger charge is -2.44. The minimum Gasteiger partial charge on any atom is -0.271 e. The van der Waals surface area contributed by atoms with Crippen LogP contribution in [0, 0.1) is 10.1 Å². The summed E-state index contributed by atoms with van der Waals surface area (Å²) in [6.45, 7) is -0.166. The van der Waals surface area contributed by atoms with E-state index in [1.807, 2.05) is 24.3 Å². The highest BCUT2D eigenvalue weighted by atomic mass is 79.9. The van der Waals surface area contributed by atoms with Crippen LogP contribution in [0.5, 0.6) is 0 Å². The number of fused-ring (bicyclic) bond motifs is 1. The van der Waals surface area contributed by atoms with Crippen LogP contribution in [0.2, 0.25) is 0 Å². The number of β-lactam (4-membered cyclic amide) rings is 1. The molecule has 2 atom stereocenters. The van der Waals surface area contributed by atoms with Crippen LogP contribution < -0.4 is 5.43 Å². The van der Waals surface area contributed by atoms with Gasteiger partial charge in [-0.15, -0.1) is 11.6 Å². The molecule has 29 heavy (non-hydrogen) atoms. The van der Waals surface area contributed by atoms with Gasteiger partial charge in [-0.2, -0.15) is 5.10 Å². The van der Waals surface area contributed by atoms with Gasteiger partial charge in [0.2, 0.25) is 0 Å². The maximum atomic E-state index is 12.5. The monoisotopic (exact) mass is 477 g/mol. The SMILES string of the molecule is O=C(Cn1ncc2cc([N+](=O)[O-])ccc21)NN1C(=O)C(Cl)C1c1ccccc1Br. The predicted molar refractivity (Wildman–Crippen MR) is 108 cm³/mol. The highest BCUT2D eigenvalue weighted by Gasteiger charge is 2.49. The number of hydrogen-bond acceptors (Lipinski definition) is 5. The third-order valence-corrected chi connectivity index (χ3v) is 5.77. The number of carbonyl (C=O) groups is 2. The van der Waals surface area contributed by atoms with Crippen LogP contribution >= 0.6 is 27.5 Å². The van der Waals surface area contributed by atoms with E-state index in [1.165, 1.54) is 34.1 Å². The van der Waals surface area contributed by atoms with Gasteiger partial charge < -0.3 is 0 Å². The summed E-state index contributed by atoms with van der Waals surface area (Å²) in [6.07, 6.45) is 1.45. The average molecular weight is 479 g/mol. The zero-order chi connectivity index (χ0) is 20.7. The maximum absolute atomic E-state index is 12.5. The molecule has 2 aromatic carbocycles. The average Bonchev–Trinajstić information content (AvgIpc) is 3.10. The minimum absolute atomic E-state index is 0.0582. The summed E-state index contributed by atoms with van der Waals surface area (Å²) in [5, 5.41) is 16.0. The van der Waals surface area contributed by atoms with E-state index < -0.39 is 28.2 Å². The summed E-state index contributed by atoms with van der Waals surface area (Å²) >= 11 is 9.61. The fraction of sp³-hybridized carbons (Fsp3) is 0.167. The Morgan fingerprint density at radius 3 is 2.79 bits per heavy atom. The molecule has 11 heteroatoms. The molecule has 2 heterocycles. The van der Waals surface area contributed by atoms with E-state index in [4.69, 9.17) is 11.6 Å². The Bertz CT molecular complexity index is 1150. The van der Waals surface area contributed by atoms with Crippen LogP contribution in [-0.2, 0) is 16.1 Å². The largest absolute Gasteiger partial charge is 0.271 e. The van der Waals surface area contributed by atoms with E-state index >= 15 is 0 Å². The van der Waals surface area contributed by atoms with Crippen molar-refractivity contribution in [3.8, 4) is 0 Å². The molecule has 1 aliphatic heterocycles. The fourth-order valence-corrected chi connectivity index (χ4v) is 4.08. The molecule has 1 saturated heterocycles. The molecule has 1 aliphatic rings. The summed E-state index contributed by atoms with van der Waals surface area (Å²) in [7, 11) is 0. The van der Waals surface area contributed by atoms with Gasteiger partial charge in [0, 0.05) is 22.0 Å². The Morgan fingerprint density at radius 2 is 2.07 bits per heavy atom. The van der Waals surface area contributed by atoms with E-state index in [9.17, 15) is 19.7 Å². The van der Waals surface area contributed by atoms with E-state index in [0.29, 0.717) is 10.9 Å². The van der Waals surface area contributed by atoms with E-state index in [0.717, 1.165) is 10.0 Å². The Morgan fingerprint density at radius 1 is 1.31 bits per heavy atom. The first kappa shape index (κ1) is 19.3. The Balaban J connectivity index is 1.51. The first-order valence-corrected chi connectivity index (χ1v) is 9.71. The zero-order valence-electron chi connectivity index (χ0n) is 14.7. The Labute approximate surface area is 177 Å². The molecule has 9 nitrogen and oxygen atoms in total. The molecule has 2 amide bonds. The summed E-state index contributed by atoms with van der Waals surface area (Å²) in [4.78, 5) is 35.1. The first-order valence-electron chi connectivity index (χ1n) is 8.48. The lowest BCUT2D eigenvalue weighted by molar-refractivity contribution is -0.384. The van der Waals surface area contributed by atoms with Gasteiger partial charge in [0.15, 0.2) is 0 Å². The molecule has 0 aliphatic carbocycles. The van der Waals surface area contributed by atoms with Crippen molar-refractivity contribution in [1.82, 2.24) is 20.2 Å². The van der Waals surface area contributed by atoms with Crippen molar-refractivity contribution < 1.29 is 14.5 Å². The van der Waals surface area contributed by atoms with Crippen LogP contribution in [-0.4, -0.2) is 36.9 Å². The highest BCUT2D eigenvalue weighted by Crippen LogP contribution is 2.40. The topological polar surface area (TPSA) is 110 Å². The lowest BCUT2D eigenvalue weighted by atomic mass is 9.95. The van der Waals surface area contributed by atoms with Gasteiger partial charge in [0.25, 0.3) is 17.5 Å². The molecule has 1 fully saturated rings. The predicted octanol–water partition coefficient (Wildman–Crippen LogP) is 2.93. The number of nitrogens with zero attached hydrogens (tertiary/aromatic N) is 4. The molecule has 4 rings (SSSR count). The van der Waals surface area contributed by atoms with Crippen molar-refractivity contribution in [2.75, 3.05) is 0 Å². The van der Waals surface area contributed by atoms with Crippen molar-refractivity contribution in [3.63, 3.8) is 0 Å². The number of nitrogens with one attached hydrogen (secondary N) is 1. The van der Waals surface area contributed by atoms with Gasteiger partial charge >= 0.3 is 0 Å². The van der Waals surface area contributed by atoms with Crippen molar-refractivity contribution in [2.24, 2.45) is 0 Å². The molecule has 0 saturated carbocycles. The van der Waals surface area contributed by atoms with Crippen LogP contribution in [0.25, 0.3) is 10.9 Å². The molecule has 3 aromatic rings. The second-order valence-corrected chi connectivity index (χ2v) is 7.74. The highest BCUT2D eigenvalue weighted by molar-refractivity contribution is 9.10. The summed E-state index contributed by atoms with van der Waals surface area (Å²) in [5.74, 6) is -0.871. The van der Waals surface area contributed by atoms with Gasteiger partial charge in [-0.1, -0.05) is 34.1 Å². The van der Waals surface area contributed by atoms with E-state index in [1.54, 1.807) is 0 Å². The number of non-ortho nitro benzene ring substituents is 1. The van der Waals surface area contributed by atoms with Crippen molar-refractivity contribution in [1.29, 1.82) is 0 Å². The standard InChI is InChI=1S/C18H13BrClN5O4/c19-13-4-2-1-3-12(13)17-16(20)18(27)24(17)22-15(26)9-23-14-6-5-11(25(28)29)7-10(14)8-21-23/h1-8,16-17H,9H2,(H,22,26). The van der Waals surface area contributed by atoms with Crippen molar-refractivity contribution in [2.45, 2.75) is 18.0 Å². The summed E-state index contributed by atoms with van der Waals surface area (Å²) in [6, 6.07) is 11.1. The zero-order valence-corrected chi connectivity index (χ0v) is 17.0. The van der Waals surface area contributed by atoms with E-state index in [2.05, 4.69) is 26.5 Å². The van der Waals surface area contributed by atoms with Gasteiger partial charge in [-0.3, -0.25) is 29.8 Å². The number of nitro benzene ring substituents is 1. The number of halogens is 2. The molecule has 0 bridgehead atoms. The third kappa shape index (κ3) is 3.45. The molecular weight excluding hydrogens is 466 g/mol. The molecule has 1 aromatic heterocycles. The molecule has 1 N–H and O–H groups in total. The second kappa shape index (κ2) is 7.45.